The highest BCUT2D eigenvalue weighted by Gasteiger charge is 2.29. The van der Waals surface area contributed by atoms with Gasteiger partial charge in [-0.1, -0.05) is 30.3 Å². The Kier molecular flexibility index (Phi) is 4.61. The second kappa shape index (κ2) is 6.41. The van der Waals surface area contributed by atoms with Gasteiger partial charge in [0.1, 0.15) is 0 Å². The van der Waals surface area contributed by atoms with Crippen LogP contribution in [0.4, 0.5) is 4.79 Å². The molecule has 0 radical (unpaired) electrons. The number of benzene rings is 1. The van der Waals surface area contributed by atoms with Crippen molar-refractivity contribution in [3.8, 4) is 0 Å². The van der Waals surface area contributed by atoms with E-state index in [1.54, 1.807) is 4.90 Å². The maximum atomic E-state index is 12.2. The molecule has 0 bridgehead atoms. The third kappa shape index (κ3) is 3.29. The summed E-state index contributed by atoms with van der Waals surface area (Å²) in [7, 11) is 1.37. The van der Waals surface area contributed by atoms with E-state index in [9.17, 15) is 9.59 Å². The van der Waals surface area contributed by atoms with Crippen LogP contribution in [0.25, 0.3) is 0 Å². The van der Waals surface area contributed by atoms with E-state index in [1.807, 2.05) is 37.3 Å². The lowest BCUT2D eigenvalue weighted by atomic mass is 10.00. The number of methoxy groups -OCH3 is 1. The minimum Gasteiger partial charge on any atom is -0.453 e. The summed E-state index contributed by atoms with van der Waals surface area (Å²) in [6.07, 6.45) is 0.431. The summed E-state index contributed by atoms with van der Waals surface area (Å²) in [5.41, 5.74) is 0.993. The summed E-state index contributed by atoms with van der Waals surface area (Å²) in [6.45, 7) is 3.02. The normalized spacial score (nSPS) is 19.5. The molecule has 0 spiro atoms. The third-order valence-electron chi connectivity index (χ3n) is 3.66. The fourth-order valence-electron chi connectivity index (χ4n) is 2.39. The van der Waals surface area contributed by atoms with Gasteiger partial charge in [0, 0.05) is 19.1 Å². The van der Waals surface area contributed by atoms with Crippen LogP contribution in [0.15, 0.2) is 30.3 Å². The zero-order chi connectivity index (χ0) is 14.5. The van der Waals surface area contributed by atoms with Crippen LogP contribution in [0, 0.1) is 0 Å². The summed E-state index contributed by atoms with van der Waals surface area (Å²) < 4.78 is 4.68. The Morgan fingerprint density at radius 1 is 1.35 bits per heavy atom. The highest BCUT2D eigenvalue weighted by atomic mass is 16.5. The molecule has 2 amide bonds. The Balaban J connectivity index is 1.88. The number of likely N-dealkylation sites (tertiary alicyclic amines) is 1. The summed E-state index contributed by atoms with van der Waals surface area (Å²) in [6, 6.07) is 9.67. The van der Waals surface area contributed by atoms with Gasteiger partial charge in [-0.15, -0.1) is 0 Å². The molecule has 1 heterocycles. The minimum absolute atomic E-state index is 0.00656. The van der Waals surface area contributed by atoms with Gasteiger partial charge in [0.05, 0.1) is 13.0 Å². The molecule has 20 heavy (non-hydrogen) atoms. The SMILES string of the molecule is COC(=O)N1CC[C@H](NC(=O)[C@H](C)c2ccccc2)C1. The number of hydrogen-bond donors (Lipinski definition) is 1. The van der Waals surface area contributed by atoms with Crippen LogP contribution in [-0.2, 0) is 9.53 Å². The van der Waals surface area contributed by atoms with Crippen molar-refractivity contribution < 1.29 is 14.3 Å². The Bertz CT molecular complexity index is 475. The molecule has 0 unspecified atom stereocenters. The number of ether oxygens (including phenoxy) is 1. The molecule has 1 N–H and O–H groups in total. The van der Waals surface area contributed by atoms with E-state index in [0.29, 0.717) is 13.1 Å². The topological polar surface area (TPSA) is 58.6 Å². The molecule has 2 atom stereocenters. The van der Waals surface area contributed by atoms with Crippen molar-refractivity contribution >= 4 is 12.0 Å². The lowest BCUT2D eigenvalue weighted by Crippen LogP contribution is -2.40. The van der Waals surface area contributed by atoms with Gasteiger partial charge in [-0.2, -0.15) is 0 Å². The van der Waals surface area contributed by atoms with Crippen LogP contribution in [-0.4, -0.2) is 43.1 Å². The van der Waals surface area contributed by atoms with Gasteiger partial charge in [-0.05, 0) is 18.9 Å². The first-order valence-electron chi connectivity index (χ1n) is 6.80. The molecule has 1 fully saturated rings. The average molecular weight is 276 g/mol. The largest absolute Gasteiger partial charge is 0.453 e. The molecule has 108 valence electrons. The number of nitrogens with one attached hydrogen (secondary N) is 1. The number of amides is 2. The standard InChI is InChI=1S/C15H20N2O3/c1-11(12-6-4-3-5-7-12)14(18)16-13-8-9-17(10-13)15(19)20-2/h3-7,11,13H,8-10H2,1-2H3,(H,16,18)/t11-,13+/m1/s1. The van der Waals surface area contributed by atoms with Crippen molar-refractivity contribution in [3.05, 3.63) is 35.9 Å². The third-order valence-corrected chi connectivity index (χ3v) is 3.66. The smallest absolute Gasteiger partial charge is 0.409 e. The number of rotatable bonds is 3. The second-order valence-electron chi connectivity index (χ2n) is 5.04. The summed E-state index contributed by atoms with van der Waals surface area (Å²) in [4.78, 5) is 25.2. The molecule has 0 aromatic heterocycles. The summed E-state index contributed by atoms with van der Waals surface area (Å²) >= 11 is 0. The van der Waals surface area contributed by atoms with E-state index in [0.717, 1.165) is 12.0 Å². The van der Waals surface area contributed by atoms with Crippen molar-refractivity contribution in [3.63, 3.8) is 0 Å². The van der Waals surface area contributed by atoms with E-state index in [2.05, 4.69) is 10.1 Å². The maximum absolute atomic E-state index is 12.2. The van der Waals surface area contributed by atoms with Gasteiger partial charge >= 0.3 is 6.09 Å². The number of nitrogens with zero attached hydrogens (tertiary/aromatic N) is 1. The average Bonchev–Trinajstić information content (AvgIpc) is 2.95. The Morgan fingerprint density at radius 3 is 2.70 bits per heavy atom. The fourth-order valence-corrected chi connectivity index (χ4v) is 2.39. The number of carbonyl (C=O) groups excluding carboxylic acids is 2. The van der Waals surface area contributed by atoms with Gasteiger partial charge < -0.3 is 15.0 Å². The van der Waals surface area contributed by atoms with Crippen LogP contribution in [0.2, 0.25) is 0 Å². The van der Waals surface area contributed by atoms with Gasteiger partial charge in [0.2, 0.25) is 5.91 Å². The Morgan fingerprint density at radius 2 is 2.05 bits per heavy atom. The molecule has 0 aliphatic carbocycles. The molecule has 1 aliphatic heterocycles. The van der Waals surface area contributed by atoms with E-state index in [-0.39, 0.29) is 24.0 Å². The van der Waals surface area contributed by atoms with Crippen LogP contribution < -0.4 is 5.32 Å². The number of carbonyl (C=O) groups is 2. The second-order valence-corrected chi connectivity index (χ2v) is 5.04. The predicted octanol–water partition coefficient (Wildman–Crippen LogP) is 1.75. The highest BCUT2D eigenvalue weighted by molar-refractivity contribution is 5.83. The van der Waals surface area contributed by atoms with Crippen molar-refractivity contribution in [1.29, 1.82) is 0 Å². The highest BCUT2D eigenvalue weighted by Crippen LogP contribution is 2.16. The lowest BCUT2D eigenvalue weighted by Gasteiger charge is -2.18. The predicted molar refractivity (Wildman–Crippen MR) is 75.4 cm³/mol. The number of hydrogen-bond acceptors (Lipinski definition) is 3. The van der Waals surface area contributed by atoms with Crippen LogP contribution >= 0.6 is 0 Å². The van der Waals surface area contributed by atoms with Gasteiger partial charge in [-0.3, -0.25) is 4.79 Å². The molecule has 1 aromatic rings. The van der Waals surface area contributed by atoms with Gasteiger partial charge in [0.15, 0.2) is 0 Å². The molecule has 0 saturated carbocycles. The van der Waals surface area contributed by atoms with Gasteiger partial charge in [0.25, 0.3) is 0 Å². The molecular formula is C15H20N2O3. The molecule has 5 heteroatoms. The Labute approximate surface area is 118 Å². The van der Waals surface area contributed by atoms with E-state index in [1.165, 1.54) is 7.11 Å². The quantitative estimate of drug-likeness (QED) is 0.915. The van der Waals surface area contributed by atoms with Crippen LogP contribution in [0.1, 0.15) is 24.8 Å². The monoisotopic (exact) mass is 276 g/mol. The zero-order valence-electron chi connectivity index (χ0n) is 11.8. The molecular weight excluding hydrogens is 256 g/mol. The summed E-state index contributed by atoms with van der Waals surface area (Å²) in [5, 5.41) is 3.00. The first-order chi connectivity index (χ1) is 9.61. The fraction of sp³-hybridized carbons (Fsp3) is 0.467. The van der Waals surface area contributed by atoms with Crippen molar-refractivity contribution in [2.45, 2.75) is 25.3 Å². The maximum Gasteiger partial charge on any atom is 0.409 e. The summed E-state index contributed by atoms with van der Waals surface area (Å²) in [5.74, 6) is -0.198. The van der Waals surface area contributed by atoms with E-state index in [4.69, 9.17) is 0 Å². The first-order valence-corrected chi connectivity index (χ1v) is 6.80. The van der Waals surface area contributed by atoms with Crippen LogP contribution in [0.5, 0.6) is 0 Å². The minimum atomic E-state index is -0.335. The molecule has 1 aliphatic rings. The van der Waals surface area contributed by atoms with Crippen LogP contribution in [0.3, 0.4) is 0 Å². The van der Waals surface area contributed by atoms with Gasteiger partial charge in [-0.25, -0.2) is 4.79 Å². The lowest BCUT2D eigenvalue weighted by molar-refractivity contribution is -0.122. The molecule has 1 saturated heterocycles. The zero-order valence-corrected chi connectivity index (χ0v) is 11.8. The molecule has 1 aromatic carbocycles. The van der Waals surface area contributed by atoms with E-state index >= 15 is 0 Å². The first kappa shape index (κ1) is 14.4. The molecule has 2 rings (SSSR count). The Hall–Kier alpha value is -2.04. The van der Waals surface area contributed by atoms with Crippen molar-refractivity contribution in [1.82, 2.24) is 10.2 Å². The molecule has 5 nitrogen and oxygen atoms in total. The van der Waals surface area contributed by atoms with E-state index < -0.39 is 0 Å². The van der Waals surface area contributed by atoms with Crippen molar-refractivity contribution in [2.75, 3.05) is 20.2 Å². The van der Waals surface area contributed by atoms with Crippen molar-refractivity contribution in [2.24, 2.45) is 0 Å².